The number of rotatable bonds is 2. The number of fused-ring (bicyclic) bond motifs is 1. The number of phenols is 1. The molecule has 1 aromatic carbocycles. The van der Waals surface area contributed by atoms with Crippen molar-refractivity contribution in [2.24, 2.45) is 5.41 Å². The minimum Gasteiger partial charge on any atom is -0.507 e. The highest BCUT2D eigenvalue weighted by atomic mass is 79.9. The number of benzene rings is 1. The first-order valence-electron chi connectivity index (χ1n) is 6.26. The summed E-state index contributed by atoms with van der Waals surface area (Å²) in [6.45, 7) is 8.83. The molecule has 0 radical (unpaired) electrons. The predicted octanol–water partition coefficient (Wildman–Crippen LogP) is 4.07. The van der Waals surface area contributed by atoms with Crippen LogP contribution in [0.15, 0.2) is 0 Å². The van der Waals surface area contributed by atoms with E-state index in [0.717, 1.165) is 30.2 Å². The molecule has 0 unspecified atom stereocenters. The molecule has 1 aliphatic rings. The number of hydrogen-bond acceptors (Lipinski definition) is 1. The number of hydrogen-bond donors (Lipinski definition) is 1. The molecule has 0 atom stereocenters. The maximum atomic E-state index is 10.4. The predicted molar refractivity (Wildman–Crippen MR) is 76.3 cm³/mol. The summed E-state index contributed by atoms with van der Waals surface area (Å²) in [6, 6.07) is 0. The van der Waals surface area contributed by atoms with E-state index in [1.54, 1.807) is 0 Å². The third-order valence-electron chi connectivity index (χ3n) is 4.02. The summed E-state index contributed by atoms with van der Waals surface area (Å²) in [7, 11) is 0. The Morgan fingerprint density at radius 3 is 2.29 bits per heavy atom. The maximum absolute atomic E-state index is 10.4. The average Bonchev–Trinajstić information content (AvgIpc) is 2.58. The smallest absolute Gasteiger partial charge is 0.122 e. The van der Waals surface area contributed by atoms with E-state index < -0.39 is 0 Å². The molecule has 17 heavy (non-hydrogen) atoms. The van der Waals surface area contributed by atoms with Gasteiger partial charge in [0.15, 0.2) is 0 Å². The van der Waals surface area contributed by atoms with Crippen molar-refractivity contribution in [2.45, 2.75) is 47.0 Å². The van der Waals surface area contributed by atoms with E-state index in [0.29, 0.717) is 11.2 Å². The van der Waals surface area contributed by atoms with Gasteiger partial charge in [0.2, 0.25) is 0 Å². The highest BCUT2D eigenvalue weighted by molar-refractivity contribution is 9.09. The molecule has 0 bridgehead atoms. The van der Waals surface area contributed by atoms with Crippen LogP contribution in [0.2, 0.25) is 0 Å². The highest BCUT2D eigenvalue weighted by Crippen LogP contribution is 2.44. The van der Waals surface area contributed by atoms with E-state index in [-0.39, 0.29) is 0 Å². The van der Waals surface area contributed by atoms with Gasteiger partial charge < -0.3 is 5.11 Å². The first kappa shape index (κ1) is 12.9. The molecule has 2 heteroatoms. The van der Waals surface area contributed by atoms with Crippen LogP contribution in [0.1, 0.15) is 41.7 Å². The molecule has 0 spiro atoms. The summed E-state index contributed by atoms with van der Waals surface area (Å²) in [5, 5.41) is 11.3. The van der Waals surface area contributed by atoms with Gasteiger partial charge >= 0.3 is 0 Å². The summed E-state index contributed by atoms with van der Waals surface area (Å²) >= 11 is 3.50. The van der Waals surface area contributed by atoms with Crippen LogP contribution in [0.4, 0.5) is 0 Å². The standard InChI is InChI=1S/C15H21BrO/c1-9-11(5-6-16)10(2)14(17)13-8-15(3,4)7-12(9)13/h17H,5-8H2,1-4H3. The summed E-state index contributed by atoms with van der Waals surface area (Å²) in [6.07, 6.45) is 3.10. The van der Waals surface area contributed by atoms with Crippen molar-refractivity contribution in [1.29, 1.82) is 0 Å². The first-order chi connectivity index (χ1) is 7.87. The Labute approximate surface area is 112 Å². The number of aromatic hydroxyl groups is 1. The lowest BCUT2D eigenvalue weighted by atomic mass is 9.89. The molecular weight excluding hydrogens is 276 g/mol. The minimum atomic E-state index is 0.296. The topological polar surface area (TPSA) is 20.2 Å². The van der Waals surface area contributed by atoms with Crippen molar-refractivity contribution in [1.82, 2.24) is 0 Å². The molecule has 0 aromatic heterocycles. The van der Waals surface area contributed by atoms with Gasteiger partial charge in [-0.1, -0.05) is 29.8 Å². The molecule has 1 aliphatic carbocycles. The second-order valence-electron chi connectivity index (χ2n) is 5.99. The Balaban J connectivity index is 2.61. The molecule has 94 valence electrons. The van der Waals surface area contributed by atoms with Gasteiger partial charge in [0.05, 0.1) is 0 Å². The van der Waals surface area contributed by atoms with Crippen molar-refractivity contribution in [2.75, 3.05) is 5.33 Å². The lowest BCUT2D eigenvalue weighted by Gasteiger charge is -2.16. The average molecular weight is 297 g/mol. The fourth-order valence-electron chi connectivity index (χ4n) is 3.12. The monoisotopic (exact) mass is 296 g/mol. The summed E-state index contributed by atoms with van der Waals surface area (Å²) < 4.78 is 0. The highest BCUT2D eigenvalue weighted by Gasteiger charge is 2.33. The van der Waals surface area contributed by atoms with Crippen LogP contribution in [-0.2, 0) is 19.3 Å². The van der Waals surface area contributed by atoms with E-state index in [1.165, 1.54) is 22.3 Å². The molecular formula is C15H21BrO. The van der Waals surface area contributed by atoms with Crippen LogP contribution in [0.5, 0.6) is 5.75 Å². The van der Waals surface area contributed by atoms with Crippen molar-refractivity contribution in [3.05, 3.63) is 27.8 Å². The van der Waals surface area contributed by atoms with Crippen LogP contribution in [0, 0.1) is 19.3 Å². The van der Waals surface area contributed by atoms with Gasteiger partial charge in [-0.2, -0.15) is 0 Å². The van der Waals surface area contributed by atoms with Crippen LogP contribution in [0.25, 0.3) is 0 Å². The van der Waals surface area contributed by atoms with Gasteiger partial charge in [-0.3, -0.25) is 0 Å². The lowest BCUT2D eigenvalue weighted by molar-refractivity contribution is 0.386. The van der Waals surface area contributed by atoms with E-state index in [1.807, 2.05) is 6.92 Å². The maximum Gasteiger partial charge on any atom is 0.122 e. The number of alkyl halides is 1. The van der Waals surface area contributed by atoms with Crippen LogP contribution in [-0.4, -0.2) is 10.4 Å². The Morgan fingerprint density at radius 1 is 1.12 bits per heavy atom. The number of halogens is 1. The van der Waals surface area contributed by atoms with Crippen molar-refractivity contribution in [3.8, 4) is 5.75 Å². The van der Waals surface area contributed by atoms with Crippen molar-refractivity contribution >= 4 is 15.9 Å². The Kier molecular flexibility index (Phi) is 3.28. The molecule has 1 nitrogen and oxygen atoms in total. The van der Waals surface area contributed by atoms with Crippen LogP contribution >= 0.6 is 15.9 Å². The summed E-state index contributed by atoms with van der Waals surface area (Å²) in [5.74, 6) is 0.548. The Morgan fingerprint density at radius 2 is 1.71 bits per heavy atom. The van der Waals surface area contributed by atoms with Gasteiger partial charge in [-0.25, -0.2) is 0 Å². The summed E-state index contributed by atoms with van der Waals surface area (Å²) in [5.41, 5.74) is 6.70. The van der Waals surface area contributed by atoms with Crippen LogP contribution < -0.4 is 0 Å². The zero-order chi connectivity index (χ0) is 12.8. The lowest BCUT2D eigenvalue weighted by Crippen LogP contribution is -2.09. The number of phenolic OH excluding ortho intramolecular Hbond substituents is 1. The molecule has 0 saturated heterocycles. The van der Waals surface area contributed by atoms with Crippen molar-refractivity contribution < 1.29 is 5.11 Å². The molecule has 0 amide bonds. The molecule has 0 fully saturated rings. The van der Waals surface area contributed by atoms with Crippen LogP contribution in [0.3, 0.4) is 0 Å². The fourth-order valence-corrected chi connectivity index (χ4v) is 3.52. The molecule has 0 saturated carbocycles. The van der Waals surface area contributed by atoms with E-state index in [4.69, 9.17) is 0 Å². The second-order valence-corrected chi connectivity index (χ2v) is 6.78. The largest absolute Gasteiger partial charge is 0.507 e. The summed E-state index contributed by atoms with van der Waals surface area (Å²) in [4.78, 5) is 0. The van der Waals surface area contributed by atoms with Gasteiger partial charge in [-0.05, 0) is 66.3 Å². The third-order valence-corrected chi connectivity index (χ3v) is 4.41. The Hall–Kier alpha value is -0.500. The van der Waals surface area contributed by atoms with E-state index in [2.05, 4.69) is 36.7 Å². The van der Waals surface area contributed by atoms with Gasteiger partial charge in [0.25, 0.3) is 0 Å². The van der Waals surface area contributed by atoms with Crippen molar-refractivity contribution in [3.63, 3.8) is 0 Å². The fraction of sp³-hybridized carbons (Fsp3) is 0.600. The van der Waals surface area contributed by atoms with Gasteiger partial charge in [0.1, 0.15) is 5.75 Å². The molecule has 1 aromatic rings. The van der Waals surface area contributed by atoms with E-state index in [9.17, 15) is 5.11 Å². The second kappa shape index (κ2) is 4.31. The van der Waals surface area contributed by atoms with E-state index >= 15 is 0 Å². The zero-order valence-corrected chi connectivity index (χ0v) is 12.7. The van der Waals surface area contributed by atoms with Gasteiger partial charge in [-0.15, -0.1) is 0 Å². The molecule has 2 rings (SSSR count). The quantitative estimate of drug-likeness (QED) is 0.816. The molecule has 1 N–H and O–H groups in total. The third kappa shape index (κ3) is 2.12. The normalized spacial score (nSPS) is 17.2. The minimum absolute atomic E-state index is 0.296. The molecule has 0 heterocycles. The Bertz CT molecular complexity index is 461. The SMILES string of the molecule is Cc1c(O)c2c(c(C)c1CCBr)CC(C)(C)C2. The zero-order valence-electron chi connectivity index (χ0n) is 11.2. The van der Waals surface area contributed by atoms with Gasteiger partial charge in [0, 0.05) is 5.33 Å². The first-order valence-corrected chi connectivity index (χ1v) is 7.38. The molecule has 0 aliphatic heterocycles.